The quantitative estimate of drug-likeness (QED) is 0.214. The van der Waals surface area contributed by atoms with Gasteiger partial charge in [0.1, 0.15) is 18.2 Å². The summed E-state index contributed by atoms with van der Waals surface area (Å²) in [5, 5.41) is 2.35. The molecule has 3 aliphatic rings. The van der Waals surface area contributed by atoms with Crippen LogP contribution in [0.25, 0.3) is 10.8 Å². The fourth-order valence-electron chi connectivity index (χ4n) is 6.93. The van der Waals surface area contributed by atoms with Crippen molar-refractivity contribution in [3.63, 3.8) is 0 Å². The number of benzene rings is 3. The summed E-state index contributed by atoms with van der Waals surface area (Å²) >= 11 is 0. The summed E-state index contributed by atoms with van der Waals surface area (Å²) < 4.78 is 23.1. The third kappa shape index (κ3) is 7.84. The molecule has 1 amide bonds. The summed E-state index contributed by atoms with van der Waals surface area (Å²) in [5.74, 6) is 1.75. The molecule has 3 aliphatic heterocycles. The number of morpholine rings is 1. The van der Waals surface area contributed by atoms with Crippen molar-refractivity contribution in [2.24, 2.45) is 0 Å². The SMILES string of the molecule is COc1cc(N2CCc3c(nc(OCCCN4CCOCC4)nc3N3CCN(C(=O)OCc4ccccc4)CC3)C2)c2ccc(C)cc2c1. The van der Waals surface area contributed by atoms with Crippen molar-refractivity contribution in [3.8, 4) is 11.8 Å². The molecule has 49 heavy (non-hydrogen) atoms. The predicted octanol–water partition coefficient (Wildman–Crippen LogP) is 5.07. The zero-order chi connectivity index (χ0) is 33.6. The Morgan fingerprint density at radius 3 is 2.51 bits per heavy atom. The van der Waals surface area contributed by atoms with E-state index in [1.54, 1.807) is 12.0 Å². The van der Waals surface area contributed by atoms with Gasteiger partial charge in [0, 0.05) is 75.1 Å². The zero-order valence-corrected chi connectivity index (χ0v) is 28.6. The molecule has 4 aromatic rings. The maximum absolute atomic E-state index is 12.9. The van der Waals surface area contributed by atoms with Crippen LogP contribution in [0, 0.1) is 6.92 Å². The van der Waals surface area contributed by atoms with Gasteiger partial charge >= 0.3 is 12.1 Å². The second-order valence-corrected chi connectivity index (χ2v) is 13.0. The topological polar surface area (TPSA) is 92.7 Å². The lowest BCUT2D eigenvalue weighted by Gasteiger charge is -2.38. The van der Waals surface area contributed by atoms with Gasteiger partial charge in [-0.05, 0) is 36.8 Å². The third-order valence-electron chi connectivity index (χ3n) is 9.65. The highest BCUT2D eigenvalue weighted by molar-refractivity contribution is 5.96. The summed E-state index contributed by atoms with van der Waals surface area (Å²) in [6.07, 6.45) is 1.40. The molecule has 0 N–H and O–H groups in total. The van der Waals surface area contributed by atoms with Crippen molar-refractivity contribution in [1.82, 2.24) is 19.8 Å². The Balaban J connectivity index is 1.09. The minimum atomic E-state index is -0.283. The van der Waals surface area contributed by atoms with Gasteiger partial charge in [0.15, 0.2) is 0 Å². The van der Waals surface area contributed by atoms with Crippen LogP contribution < -0.4 is 19.3 Å². The van der Waals surface area contributed by atoms with Crippen LogP contribution in [0.15, 0.2) is 60.7 Å². The number of aromatic nitrogens is 2. The van der Waals surface area contributed by atoms with Gasteiger partial charge in [-0.15, -0.1) is 0 Å². The van der Waals surface area contributed by atoms with Crippen molar-refractivity contribution >= 4 is 28.4 Å². The molecule has 3 aromatic carbocycles. The lowest BCUT2D eigenvalue weighted by Crippen LogP contribution is -2.49. The Bertz CT molecular complexity index is 1740. The highest BCUT2D eigenvalue weighted by Gasteiger charge is 2.30. The first-order chi connectivity index (χ1) is 24.0. The number of fused-ring (bicyclic) bond motifs is 2. The van der Waals surface area contributed by atoms with Gasteiger partial charge in [-0.1, -0.05) is 54.1 Å². The average Bonchev–Trinajstić information content (AvgIpc) is 3.15. The van der Waals surface area contributed by atoms with Crippen molar-refractivity contribution in [1.29, 1.82) is 0 Å². The van der Waals surface area contributed by atoms with Crippen molar-refractivity contribution in [2.75, 3.05) is 89.1 Å². The molecule has 11 heteroatoms. The van der Waals surface area contributed by atoms with Crippen LogP contribution in [0.1, 0.15) is 28.8 Å². The van der Waals surface area contributed by atoms with E-state index in [0.717, 1.165) is 91.7 Å². The van der Waals surface area contributed by atoms with E-state index in [0.29, 0.717) is 45.3 Å². The molecular weight excluding hydrogens is 620 g/mol. The van der Waals surface area contributed by atoms with Crippen LogP contribution in [0.2, 0.25) is 0 Å². The first kappa shape index (κ1) is 32.9. The molecular formula is C38H46N6O5. The van der Waals surface area contributed by atoms with Crippen LogP contribution in [0.4, 0.5) is 16.3 Å². The Morgan fingerprint density at radius 1 is 0.898 bits per heavy atom. The lowest BCUT2D eigenvalue weighted by atomic mass is 10.0. The maximum atomic E-state index is 12.9. The summed E-state index contributed by atoms with van der Waals surface area (Å²) in [7, 11) is 1.72. The van der Waals surface area contributed by atoms with Gasteiger partial charge in [0.05, 0.1) is 39.2 Å². The number of aryl methyl sites for hydroxylation is 1. The van der Waals surface area contributed by atoms with Crippen LogP contribution in [-0.2, 0) is 29.0 Å². The van der Waals surface area contributed by atoms with Crippen LogP contribution in [0.5, 0.6) is 11.8 Å². The summed E-state index contributed by atoms with van der Waals surface area (Å²) in [4.78, 5) is 31.8. The van der Waals surface area contributed by atoms with Gasteiger partial charge in [0.25, 0.3) is 0 Å². The second kappa shape index (κ2) is 15.3. The molecule has 7 rings (SSSR count). The van der Waals surface area contributed by atoms with E-state index in [1.165, 1.54) is 10.9 Å². The highest BCUT2D eigenvalue weighted by atomic mass is 16.6. The third-order valence-corrected chi connectivity index (χ3v) is 9.65. The Labute approximate surface area is 288 Å². The molecule has 0 saturated carbocycles. The number of anilines is 2. The number of carbonyl (C=O) groups is 1. The summed E-state index contributed by atoms with van der Waals surface area (Å²) in [6, 6.07) is 21.0. The maximum Gasteiger partial charge on any atom is 0.410 e. The number of rotatable bonds is 10. The molecule has 258 valence electrons. The smallest absolute Gasteiger partial charge is 0.410 e. The molecule has 0 radical (unpaired) electrons. The molecule has 0 spiro atoms. The fraction of sp³-hybridized carbons (Fsp3) is 0.447. The van der Waals surface area contributed by atoms with Crippen LogP contribution in [-0.4, -0.2) is 105 Å². The molecule has 2 fully saturated rings. The minimum Gasteiger partial charge on any atom is -0.497 e. The second-order valence-electron chi connectivity index (χ2n) is 13.0. The largest absolute Gasteiger partial charge is 0.497 e. The van der Waals surface area contributed by atoms with Crippen molar-refractivity contribution in [3.05, 3.63) is 83.0 Å². The number of nitrogens with zero attached hydrogens (tertiary/aromatic N) is 6. The van der Waals surface area contributed by atoms with Crippen LogP contribution in [0.3, 0.4) is 0 Å². The van der Waals surface area contributed by atoms with Crippen molar-refractivity contribution in [2.45, 2.75) is 32.9 Å². The van der Waals surface area contributed by atoms with E-state index in [9.17, 15) is 4.79 Å². The average molecular weight is 667 g/mol. The standard InChI is InChI=1S/C38H46N6O5/c1-28-9-10-32-30(23-28)24-31(46-2)25-35(32)44-13-11-33-34(26-44)39-37(48-20-6-12-41-18-21-47-22-19-41)40-36(33)42-14-16-43(17-15-42)38(45)49-27-29-7-4-3-5-8-29/h3-5,7-10,23-25H,6,11-22,26-27H2,1-2H3. The van der Waals surface area contributed by atoms with E-state index in [2.05, 4.69) is 52.0 Å². The van der Waals surface area contributed by atoms with E-state index < -0.39 is 0 Å². The summed E-state index contributed by atoms with van der Waals surface area (Å²) in [6.45, 7) is 11.3. The number of methoxy groups -OCH3 is 1. The number of hydrogen-bond donors (Lipinski definition) is 0. The van der Waals surface area contributed by atoms with Crippen LogP contribution >= 0.6 is 0 Å². The van der Waals surface area contributed by atoms with Gasteiger partial charge in [-0.3, -0.25) is 4.90 Å². The zero-order valence-electron chi connectivity index (χ0n) is 28.6. The first-order valence-electron chi connectivity index (χ1n) is 17.4. The number of hydrogen-bond acceptors (Lipinski definition) is 10. The molecule has 4 heterocycles. The Hall–Kier alpha value is -4.61. The highest BCUT2D eigenvalue weighted by Crippen LogP contribution is 2.37. The molecule has 0 atom stereocenters. The molecule has 1 aromatic heterocycles. The summed E-state index contributed by atoms with van der Waals surface area (Å²) in [5.41, 5.74) is 5.46. The van der Waals surface area contributed by atoms with E-state index in [4.69, 9.17) is 28.9 Å². The molecule has 11 nitrogen and oxygen atoms in total. The molecule has 0 unspecified atom stereocenters. The molecule has 0 aliphatic carbocycles. The lowest BCUT2D eigenvalue weighted by molar-refractivity contribution is 0.0356. The number of carbonyl (C=O) groups excluding carboxylic acids is 1. The van der Waals surface area contributed by atoms with Gasteiger partial charge < -0.3 is 33.6 Å². The Morgan fingerprint density at radius 2 is 1.71 bits per heavy atom. The van der Waals surface area contributed by atoms with Gasteiger partial charge in [0.2, 0.25) is 0 Å². The number of ether oxygens (including phenoxy) is 4. The molecule has 0 bridgehead atoms. The molecule has 2 saturated heterocycles. The minimum absolute atomic E-state index is 0.268. The fourth-order valence-corrected chi connectivity index (χ4v) is 6.93. The Kier molecular flexibility index (Phi) is 10.3. The number of amides is 1. The van der Waals surface area contributed by atoms with E-state index in [-0.39, 0.29) is 12.7 Å². The number of piperazine rings is 1. The predicted molar refractivity (Wildman–Crippen MR) is 190 cm³/mol. The van der Waals surface area contributed by atoms with E-state index >= 15 is 0 Å². The van der Waals surface area contributed by atoms with E-state index in [1.807, 2.05) is 30.3 Å². The first-order valence-corrected chi connectivity index (χ1v) is 17.4. The van der Waals surface area contributed by atoms with Crippen molar-refractivity contribution < 1.29 is 23.7 Å². The normalized spacial score (nSPS) is 16.8. The van der Waals surface area contributed by atoms with Gasteiger partial charge in [-0.25, -0.2) is 4.79 Å². The monoisotopic (exact) mass is 666 g/mol. The van der Waals surface area contributed by atoms with Gasteiger partial charge in [-0.2, -0.15) is 9.97 Å².